The first-order valence-electron chi connectivity index (χ1n) is 7.66. The van der Waals surface area contributed by atoms with Gasteiger partial charge in [-0.25, -0.2) is 0 Å². The molecule has 0 aliphatic rings. The van der Waals surface area contributed by atoms with Crippen molar-refractivity contribution in [3.8, 4) is 5.75 Å². The molecule has 0 spiro atoms. The number of benzene rings is 1. The van der Waals surface area contributed by atoms with Gasteiger partial charge in [0.2, 0.25) is 0 Å². The van der Waals surface area contributed by atoms with Crippen LogP contribution in [0, 0.1) is 5.92 Å². The molecule has 0 amide bonds. The van der Waals surface area contributed by atoms with Crippen molar-refractivity contribution in [2.45, 2.75) is 52.6 Å². The molecule has 0 radical (unpaired) electrons. The van der Waals surface area contributed by atoms with Gasteiger partial charge in [-0.1, -0.05) is 26.0 Å². The van der Waals surface area contributed by atoms with Crippen molar-refractivity contribution in [2.75, 3.05) is 20.6 Å². The van der Waals surface area contributed by atoms with Crippen molar-refractivity contribution >= 4 is 0 Å². The normalized spacial score (nSPS) is 15.2. The van der Waals surface area contributed by atoms with Crippen LogP contribution in [0.1, 0.15) is 52.5 Å². The fourth-order valence-electron chi connectivity index (χ4n) is 2.83. The fourth-order valence-corrected chi connectivity index (χ4v) is 2.83. The molecule has 0 N–H and O–H groups in total. The summed E-state index contributed by atoms with van der Waals surface area (Å²) in [6, 6.07) is 8.61. The van der Waals surface area contributed by atoms with E-state index in [4.69, 9.17) is 4.74 Å². The standard InChI is InChI=1S/C18H31NO/c1-8-17(14(2)13-19(6)7)15-10-9-11-16(12-15)20-18(3,4)5/h9-12,14,17H,8,13H2,1-7H3/t14-,17+/m0/s1. The minimum atomic E-state index is -0.143. The second-order valence-electron chi connectivity index (χ2n) is 7.04. The van der Waals surface area contributed by atoms with E-state index in [-0.39, 0.29) is 5.60 Å². The molecule has 0 aliphatic carbocycles. The van der Waals surface area contributed by atoms with Crippen molar-refractivity contribution in [1.82, 2.24) is 4.90 Å². The van der Waals surface area contributed by atoms with Crippen molar-refractivity contribution in [2.24, 2.45) is 5.92 Å². The first kappa shape index (κ1) is 17.0. The second-order valence-corrected chi connectivity index (χ2v) is 7.04. The highest BCUT2D eigenvalue weighted by Gasteiger charge is 2.19. The zero-order chi connectivity index (χ0) is 15.3. The van der Waals surface area contributed by atoms with Gasteiger partial charge < -0.3 is 9.64 Å². The van der Waals surface area contributed by atoms with Crippen LogP contribution in [0.5, 0.6) is 5.75 Å². The number of nitrogens with zero attached hydrogens (tertiary/aromatic N) is 1. The van der Waals surface area contributed by atoms with E-state index in [9.17, 15) is 0 Å². The maximum atomic E-state index is 5.99. The summed E-state index contributed by atoms with van der Waals surface area (Å²) in [5, 5.41) is 0. The van der Waals surface area contributed by atoms with Gasteiger partial charge >= 0.3 is 0 Å². The SMILES string of the molecule is CC[C@@H](c1cccc(OC(C)(C)C)c1)[C@@H](C)CN(C)C. The third kappa shape index (κ3) is 5.54. The molecule has 1 rings (SSSR count). The van der Waals surface area contributed by atoms with Crippen LogP contribution in [0.3, 0.4) is 0 Å². The summed E-state index contributed by atoms with van der Waals surface area (Å²) >= 11 is 0. The maximum Gasteiger partial charge on any atom is 0.120 e. The van der Waals surface area contributed by atoms with Gasteiger partial charge in [-0.15, -0.1) is 0 Å². The highest BCUT2D eigenvalue weighted by Crippen LogP contribution is 2.31. The van der Waals surface area contributed by atoms with Crippen LogP contribution in [0.2, 0.25) is 0 Å². The highest BCUT2D eigenvalue weighted by atomic mass is 16.5. The van der Waals surface area contributed by atoms with E-state index < -0.39 is 0 Å². The Balaban J connectivity index is 2.90. The lowest BCUT2D eigenvalue weighted by Gasteiger charge is -2.27. The molecule has 0 saturated carbocycles. The molecule has 0 unspecified atom stereocenters. The van der Waals surface area contributed by atoms with Crippen LogP contribution >= 0.6 is 0 Å². The first-order chi connectivity index (χ1) is 9.23. The summed E-state index contributed by atoms with van der Waals surface area (Å²) in [6.45, 7) is 12.0. The Kier molecular flexibility index (Phi) is 6.07. The molecule has 0 aromatic heterocycles. The summed E-state index contributed by atoms with van der Waals surface area (Å²) in [5.41, 5.74) is 1.25. The minimum Gasteiger partial charge on any atom is -0.488 e. The molecule has 0 aliphatic heterocycles. The molecule has 2 atom stereocenters. The van der Waals surface area contributed by atoms with Gasteiger partial charge in [0.25, 0.3) is 0 Å². The molecular formula is C18H31NO. The highest BCUT2D eigenvalue weighted by molar-refractivity contribution is 5.31. The summed E-state index contributed by atoms with van der Waals surface area (Å²) < 4.78 is 5.99. The van der Waals surface area contributed by atoms with E-state index in [2.05, 4.69) is 77.9 Å². The van der Waals surface area contributed by atoms with E-state index in [1.165, 1.54) is 5.56 Å². The number of hydrogen-bond donors (Lipinski definition) is 0. The lowest BCUT2D eigenvalue weighted by atomic mass is 9.85. The van der Waals surface area contributed by atoms with Crippen LogP contribution in [0.25, 0.3) is 0 Å². The Morgan fingerprint density at radius 2 is 1.85 bits per heavy atom. The molecule has 2 nitrogen and oxygen atoms in total. The van der Waals surface area contributed by atoms with Gasteiger partial charge in [-0.2, -0.15) is 0 Å². The maximum absolute atomic E-state index is 5.99. The average molecular weight is 277 g/mol. The first-order valence-corrected chi connectivity index (χ1v) is 7.66. The van der Waals surface area contributed by atoms with Gasteiger partial charge in [0.1, 0.15) is 11.4 Å². The zero-order valence-electron chi connectivity index (χ0n) is 14.2. The van der Waals surface area contributed by atoms with E-state index in [1.807, 2.05) is 0 Å². The minimum absolute atomic E-state index is 0.143. The van der Waals surface area contributed by atoms with Crippen molar-refractivity contribution < 1.29 is 4.74 Å². The smallest absolute Gasteiger partial charge is 0.120 e. The topological polar surface area (TPSA) is 12.5 Å². The Morgan fingerprint density at radius 3 is 2.35 bits per heavy atom. The lowest BCUT2D eigenvalue weighted by molar-refractivity contribution is 0.130. The number of hydrogen-bond acceptors (Lipinski definition) is 2. The van der Waals surface area contributed by atoms with E-state index >= 15 is 0 Å². The Bertz CT molecular complexity index is 406. The van der Waals surface area contributed by atoms with Gasteiger partial charge in [0.15, 0.2) is 0 Å². The molecule has 1 aromatic rings. The Hall–Kier alpha value is -1.02. The molecule has 114 valence electrons. The molecule has 2 heteroatoms. The lowest BCUT2D eigenvalue weighted by Crippen LogP contribution is -2.25. The number of rotatable bonds is 6. The van der Waals surface area contributed by atoms with Crippen LogP contribution in [0.4, 0.5) is 0 Å². The predicted octanol–water partition coefficient (Wildman–Crippen LogP) is 4.56. The molecule has 20 heavy (non-hydrogen) atoms. The van der Waals surface area contributed by atoms with Gasteiger partial charge in [-0.3, -0.25) is 0 Å². The molecule has 0 heterocycles. The number of ether oxygens (including phenoxy) is 1. The van der Waals surface area contributed by atoms with Crippen molar-refractivity contribution in [3.05, 3.63) is 29.8 Å². The molecule has 0 saturated heterocycles. The Morgan fingerprint density at radius 1 is 1.20 bits per heavy atom. The summed E-state index contributed by atoms with van der Waals surface area (Å²) in [7, 11) is 4.28. The van der Waals surface area contributed by atoms with Gasteiger partial charge in [-0.05, 0) is 70.8 Å². The molecular weight excluding hydrogens is 246 g/mol. The molecule has 0 fully saturated rings. The zero-order valence-corrected chi connectivity index (χ0v) is 14.2. The summed E-state index contributed by atoms with van der Waals surface area (Å²) in [5.74, 6) is 2.20. The predicted molar refractivity (Wildman–Crippen MR) is 87.6 cm³/mol. The summed E-state index contributed by atoms with van der Waals surface area (Å²) in [6.07, 6.45) is 1.16. The largest absolute Gasteiger partial charge is 0.488 e. The Labute approximate surface area is 125 Å². The fraction of sp³-hybridized carbons (Fsp3) is 0.667. The van der Waals surface area contributed by atoms with Gasteiger partial charge in [0.05, 0.1) is 0 Å². The molecule has 0 bridgehead atoms. The van der Waals surface area contributed by atoms with Crippen LogP contribution < -0.4 is 4.74 Å². The monoisotopic (exact) mass is 277 g/mol. The second kappa shape index (κ2) is 7.12. The third-order valence-electron chi connectivity index (χ3n) is 3.49. The van der Waals surface area contributed by atoms with Gasteiger partial charge in [0, 0.05) is 6.54 Å². The van der Waals surface area contributed by atoms with E-state index in [1.54, 1.807) is 0 Å². The van der Waals surface area contributed by atoms with Crippen molar-refractivity contribution in [3.63, 3.8) is 0 Å². The van der Waals surface area contributed by atoms with E-state index in [0.717, 1.165) is 18.7 Å². The van der Waals surface area contributed by atoms with E-state index in [0.29, 0.717) is 11.8 Å². The third-order valence-corrected chi connectivity index (χ3v) is 3.49. The molecule has 1 aromatic carbocycles. The quantitative estimate of drug-likeness (QED) is 0.756. The summed E-state index contributed by atoms with van der Waals surface area (Å²) in [4.78, 5) is 2.27. The average Bonchev–Trinajstić information content (AvgIpc) is 2.26. The van der Waals surface area contributed by atoms with Crippen molar-refractivity contribution in [1.29, 1.82) is 0 Å². The van der Waals surface area contributed by atoms with Crippen LogP contribution in [0.15, 0.2) is 24.3 Å². The van der Waals surface area contributed by atoms with Crippen LogP contribution in [-0.4, -0.2) is 31.1 Å². The van der Waals surface area contributed by atoms with Crippen LogP contribution in [-0.2, 0) is 0 Å².